The molecule has 0 aliphatic heterocycles. The van der Waals surface area contributed by atoms with Gasteiger partial charge in [0.1, 0.15) is 0 Å². The summed E-state index contributed by atoms with van der Waals surface area (Å²) in [6.45, 7) is 0. The van der Waals surface area contributed by atoms with E-state index in [0.29, 0.717) is 5.92 Å². The van der Waals surface area contributed by atoms with E-state index in [4.69, 9.17) is 0 Å². The van der Waals surface area contributed by atoms with Crippen molar-refractivity contribution in [3.63, 3.8) is 0 Å². The van der Waals surface area contributed by atoms with Crippen LogP contribution in [-0.4, -0.2) is 0 Å². The first-order valence-electron chi connectivity index (χ1n) is 14.2. The Bertz CT molecular complexity index is 1690. The van der Waals surface area contributed by atoms with Gasteiger partial charge in [0.15, 0.2) is 0 Å². The van der Waals surface area contributed by atoms with E-state index in [-0.39, 0.29) is 0 Å². The monoisotopic (exact) mass is 524 g/mol. The number of hydrogen-bond acceptors (Lipinski definition) is 0. The highest BCUT2D eigenvalue weighted by Gasteiger charge is 2.14. The van der Waals surface area contributed by atoms with Gasteiger partial charge in [0.25, 0.3) is 0 Å². The van der Waals surface area contributed by atoms with Crippen LogP contribution in [0.5, 0.6) is 0 Å². The molecule has 196 valence electrons. The largest absolute Gasteiger partial charge is 0.113 e. The first kappa shape index (κ1) is 26.1. The summed E-state index contributed by atoms with van der Waals surface area (Å²) in [6.07, 6.45) is 23.0. The van der Waals surface area contributed by atoms with Crippen molar-refractivity contribution in [3.05, 3.63) is 209 Å². The van der Waals surface area contributed by atoms with Crippen molar-refractivity contribution in [2.24, 2.45) is 5.92 Å². The molecule has 4 aromatic rings. The van der Waals surface area contributed by atoms with E-state index >= 15 is 0 Å². The molecule has 0 nitrogen and oxygen atoms in total. The van der Waals surface area contributed by atoms with Crippen LogP contribution in [0.25, 0.3) is 22.8 Å². The Kier molecular flexibility index (Phi) is 8.14. The molecule has 0 amide bonds. The van der Waals surface area contributed by atoms with Crippen molar-refractivity contribution >= 4 is 22.8 Å². The minimum Gasteiger partial charge on any atom is -0.113 e. The number of allylic oxidation sites excluding steroid dienone is 11. The summed E-state index contributed by atoms with van der Waals surface area (Å²) in [5, 5.41) is 0. The topological polar surface area (TPSA) is 0 Å². The van der Waals surface area contributed by atoms with E-state index in [9.17, 15) is 0 Å². The molecule has 1 atom stereocenters. The third-order valence-electron chi connectivity index (χ3n) is 7.48. The maximum atomic E-state index is 3.49. The van der Waals surface area contributed by atoms with Crippen molar-refractivity contribution in [1.82, 2.24) is 0 Å². The Labute approximate surface area is 243 Å². The van der Waals surface area contributed by atoms with Gasteiger partial charge < -0.3 is 0 Å². The average Bonchev–Trinajstić information content (AvgIpc) is 3.30. The molecule has 4 aromatic carbocycles. The van der Waals surface area contributed by atoms with Crippen LogP contribution in [0.1, 0.15) is 34.2 Å². The second-order valence-electron chi connectivity index (χ2n) is 10.3. The zero-order chi connectivity index (χ0) is 27.7. The van der Waals surface area contributed by atoms with Crippen molar-refractivity contribution in [1.29, 1.82) is 0 Å². The van der Waals surface area contributed by atoms with Crippen LogP contribution in [0.15, 0.2) is 181 Å². The van der Waals surface area contributed by atoms with Gasteiger partial charge >= 0.3 is 0 Å². The fraction of sp³-hybridized carbons (Fsp3) is 0.0488. The summed E-state index contributed by atoms with van der Waals surface area (Å²) in [6, 6.07) is 40.7. The number of rotatable bonds is 7. The van der Waals surface area contributed by atoms with Gasteiger partial charge in [0.2, 0.25) is 0 Å². The predicted octanol–water partition coefficient (Wildman–Crippen LogP) is 10.5. The van der Waals surface area contributed by atoms with Crippen molar-refractivity contribution in [2.75, 3.05) is 0 Å². The Morgan fingerprint density at radius 3 is 1.88 bits per heavy atom. The fourth-order valence-electron chi connectivity index (χ4n) is 5.31. The van der Waals surface area contributed by atoms with Gasteiger partial charge in [-0.1, -0.05) is 146 Å². The summed E-state index contributed by atoms with van der Waals surface area (Å²) >= 11 is 0. The molecular weight excluding hydrogens is 492 g/mol. The van der Waals surface area contributed by atoms with E-state index < -0.39 is 0 Å². The molecule has 2 aliphatic carbocycles. The van der Waals surface area contributed by atoms with E-state index in [1.807, 2.05) is 6.08 Å². The number of benzene rings is 4. The zero-order valence-electron chi connectivity index (χ0n) is 23.0. The molecule has 0 N–H and O–H groups in total. The van der Waals surface area contributed by atoms with Crippen molar-refractivity contribution < 1.29 is 0 Å². The lowest BCUT2D eigenvalue weighted by atomic mass is 9.86. The molecule has 0 fully saturated rings. The molecule has 0 bridgehead atoms. The zero-order valence-corrected chi connectivity index (χ0v) is 23.0. The van der Waals surface area contributed by atoms with Crippen molar-refractivity contribution in [2.45, 2.75) is 6.42 Å². The summed E-state index contributed by atoms with van der Waals surface area (Å²) in [5.41, 5.74) is 14.3. The van der Waals surface area contributed by atoms with Crippen LogP contribution in [0, 0.1) is 5.92 Å². The van der Waals surface area contributed by atoms with Gasteiger partial charge in [-0.3, -0.25) is 0 Å². The summed E-state index contributed by atoms with van der Waals surface area (Å²) < 4.78 is 0. The minimum absolute atomic E-state index is 0.359. The van der Waals surface area contributed by atoms with Crippen LogP contribution in [0.2, 0.25) is 0 Å². The Morgan fingerprint density at radius 2 is 1.27 bits per heavy atom. The summed E-state index contributed by atoms with van der Waals surface area (Å²) in [4.78, 5) is 0. The van der Waals surface area contributed by atoms with E-state index in [1.54, 1.807) is 0 Å². The second kappa shape index (κ2) is 12.8. The lowest BCUT2D eigenvalue weighted by Gasteiger charge is -2.18. The normalized spacial score (nSPS) is 16.1. The third-order valence-corrected chi connectivity index (χ3v) is 7.48. The van der Waals surface area contributed by atoms with Crippen LogP contribution < -0.4 is 0 Å². The molecule has 41 heavy (non-hydrogen) atoms. The molecular formula is C41H32. The molecule has 0 aromatic heterocycles. The lowest BCUT2D eigenvalue weighted by molar-refractivity contribution is 0.843. The standard InChI is InChI=1S/C41H32/c1-5-15-36(16-6-1)40(37-17-7-2-8-18-37)30-32-14-13-23-34(27-24-32)35-28-25-33(26-29-35)31-41(38-19-9-3-10-20-38)39-21-11-4-12-22-39/h1-13,15-17,19-31,37H,18H2. The minimum atomic E-state index is 0.359. The quantitative estimate of drug-likeness (QED) is 0.167. The fourth-order valence-corrected chi connectivity index (χ4v) is 5.31. The second-order valence-corrected chi connectivity index (χ2v) is 10.3. The van der Waals surface area contributed by atoms with Gasteiger partial charge in [-0.2, -0.15) is 0 Å². The van der Waals surface area contributed by atoms with Crippen LogP contribution in [-0.2, 0) is 0 Å². The maximum Gasteiger partial charge on any atom is 0.0167 e. The maximum absolute atomic E-state index is 3.49. The molecule has 0 spiro atoms. The van der Waals surface area contributed by atoms with Crippen LogP contribution in [0.4, 0.5) is 0 Å². The summed E-state index contributed by atoms with van der Waals surface area (Å²) in [7, 11) is 0. The Balaban J connectivity index is 1.25. The van der Waals surface area contributed by atoms with Crippen molar-refractivity contribution in [3.8, 4) is 0 Å². The first-order valence-corrected chi connectivity index (χ1v) is 14.2. The Hall–Kier alpha value is -5.16. The van der Waals surface area contributed by atoms with Crippen LogP contribution >= 0.6 is 0 Å². The first-order chi connectivity index (χ1) is 20.3. The molecule has 0 saturated heterocycles. The molecule has 0 radical (unpaired) electrons. The Morgan fingerprint density at radius 1 is 0.634 bits per heavy atom. The highest BCUT2D eigenvalue weighted by molar-refractivity contribution is 5.91. The van der Waals surface area contributed by atoms with Gasteiger partial charge in [-0.05, 0) is 81.3 Å². The van der Waals surface area contributed by atoms with E-state index in [0.717, 1.165) is 12.0 Å². The van der Waals surface area contributed by atoms with Crippen LogP contribution in [0.3, 0.4) is 0 Å². The van der Waals surface area contributed by atoms with Gasteiger partial charge in [0.05, 0.1) is 0 Å². The summed E-state index contributed by atoms with van der Waals surface area (Å²) in [5.74, 6) is 0.359. The molecule has 0 heteroatoms. The lowest BCUT2D eigenvalue weighted by Crippen LogP contribution is -2.02. The van der Waals surface area contributed by atoms with Gasteiger partial charge in [-0.15, -0.1) is 5.73 Å². The molecule has 0 heterocycles. The smallest absolute Gasteiger partial charge is 0.0167 e. The highest BCUT2D eigenvalue weighted by atomic mass is 14.2. The van der Waals surface area contributed by atoms with Gasteiger partial charge in [0, 0.05) is 11.5 Å². The SMILES string of the molecule is C1=CC=C(c2ccc(C=C(c3ccccc3)c3ccccc3)cc2)C=CC=1C=C(c1ccccc1)C1C=CC=CC1. The molecule has 1 unspecified atom stereocenters. The highest BCUT2D eigenvalue weighted by Crippen LogP contribution is 2.32. The number of hydrogen-bond donors (Lipinski definition) is 0. The average molecular weight is 525 g/mol. The van der Waals surface area contributed by atoms with Gasteiger partial charge in [-0.25, -0.2) is 0 Å². The molecule has 0 saturated carbocycles. The van der Waals surface area contributed by atoms with E-state index in [2.05, 4.69) is 176 Å². The van der Waals surface area contributed by atoms with E-state index in [1.165, 1.54) is 44.5 Å². The molecule has 6 rings (SSSR count). The third kappa shape index (κ3) is 6.53. The predicted molar refractivity (Wildman–Crippen MR) is 176 cm³/mol. The molecule has 2 aliphatic rings.